The lowest BCUT2D eigenvalue weighted by Crippen LogP contribution is -2.12. The molecule has 2 heteroatoms. The molecule has 4 atom stereocenters. The molecule has 0 N–H and O–H groups in total. The molecular formula is C52H47NS. The molecule has 8 aromatic rings. The predicted octanol–water partition coefficient (Wildman–Crippen LogP) is 15.7. The number of thiophene rings is 1. The molecule has 1 heterocycles. The number of nitrogens with zero attached hydrogens (tertiary/aromatic N) is 1. The highest BCUT2D eigenvalue weighted by molar-refractivity contribution is 7.25. The summed E-state index contributed by atoms with van der Waals surface area (Å²) in [5.41, 5.74) is 12.5. The molecule has 266 valence electrons. The molecule has 2 unspecified atom stereocenters. The molecule has 1 aliphatic rings. The molecule has 0 radical (unpaired) electrons. The fraction of sp³-hybridized carbons (Fsp3) is 0.192. The van der Waals surface area contributed by atoms with Crippen LogP contribution in [0.15, 0.2) is 170 Å². The lowest BCUT2D eigenvalue weighted by atomic mass is 9.78. The third-order valence-electron chi connectivity index (χ3n) is 11.8. The number of hydrogen-bond donors (Lipinski definition) is 0. The van der Waals surface area contributed by atoms with Crippen molar-refractivity contribution in [1.82, 2.24) is 0 Å². The smallest absolute Gasteiger partial charge is 0.0540 e. The van der Waals surface area contributed by atoms with Gasteiger partial charge in [0.15, 0.2) is 0 Å². The van der Waals surface area contributed by atoms with Gasteiger partial charge in [0.2, 0.25) is 0 Å². The van der Waals surface area contributed by atoms with Crippen molar-refractivity contribution in [2.75, 3.05) is 4.90 Å². The van der Waals surface area contributed by atoms with Crippen LogP contribution < -0.4 is 4.90 Å². The quantitative estimate of drug-likeness (QED) is 0.148. The first kappa shape index (κ1) is 34.3. The molecule has 1 saturated carbocycles. The van der Waals surface area contributed by atoms with Crippen LogP contribution in [0.25, 0.3) is 53.6 Å². The maximum Gasteiger partial charge on any atom is 0.0540 e. The van der Waals surface area contributed by atoms with Crippen molar-refractivity contribution in [3.8, 4) is 33.4 Å². The van der Waals surface area contributed by atoms with E-state index in [2.05, 4.69) is 196 Å². The van der Waals surface area contributed by atoms with E-state index in [0.29, 0.717) is 11.8 Å². The maximum absolute atomic E-state index is 2.49. The number of rotatable bonds is 7. The molecule has 0 aliphatic heterocycles. The average molecular weight is 718 g/mol. The second kappa shape index (κ2) is 14.8. The summed E-state index contributed by atoms with van der Waals surface area (Å²) in [5.74, 6) is 2.75. The van der Waals surface area contributed by atoms with E-state index >= 15 is 0 Å². The Morgan fingerprint density at radius 2 is 1.06 bits per heavy atom. The average Bonchev–Trinajstić information content (AvgIpc) is 3.52. The van der Waals surface area contributed by atoms with E-state index in [-0.39, 0.29) is 0 Å². The van der Waals surface area contributed by atoms with Gasteiger partial charge in [-0.3, -0.25) is 0 Å². The van der Waals surface area contributed by atoms with Crippen LogP contribution in [-0.2, 0) is 0 Å². The maximum atomic E-state index is 2.49. The summed E-state index contributed by atoms with van der Waals surface area (Å²) in [6, 6.07) is 62.9. The number of fused-ring (bicyclic) bond motifs is 3. The molecule has 7 aromatic carbocycles. The Bertz CT molecular complexity index is 2550. The Hall–Kier alpha value is -5.44. The zero-order chi connectivity index (χ0) is 36.6. The Morgan fingerprint density at radius 3 is 1.89 bits per heavy atom. The van der Waals surface area contributed by atoms with Crippen LogP contribution >= 0.6 is 11.3 Å². The number of benzene rings is 7. The number of hydrogen-bond acceptors (Lipinski definition) is 2. The number of para-hydroxylation sites is 1. The topological polar surface area (TPSA) is 3.24 Å². The van der Waals surface area contributed by atoms with E-state index in [4.69, 9.17) is 0 Å². The third-order valence-corrected chi connectivity index (χ3v) is 12.9. The fourth-order valence-electron chi connectivity index (χ4n) is 9.34. The van der Waals surface area contributed by atoms with E-state index in [1.54, 1.807) is 0 Å². The van der Waals surface area contributed by atoms with Crippen LogP contribution in [0.5, 0.6) is 0 Å². The van der Waals surface area contributed by atoms with Gasteiger partial charge in [-0.15, -0.1) is 11.3 Å². The first-order valence-electron chi connectivity index (χ1n) is 19.7. The van der Waals surface area contributed by atoms with Crippen LogP contribution in [0.1, 0.15) is 51.5 Å². The molecule has 1 aliphatic carbocycles. The Balaban J connectivity index is 1.16. The van der Waals surface area contributed by atoms with Gasteiger partial charge in [-0.25, -0.2) is 0 Å². The summed E-state index contributed by atoms with van der Waals surface area (Å²) < 4.78 is 2.62. The Kier molecular flexibility index (Phi) is 9.39. The van der Waals surface area contributed by atoms with Gasteiger partial charge >= 0.3 is 0 Å². The summed E-state index contributed by atoms with van der Waals surface area (Å²) in [4.78, 5) is 2.45. The fourth-order valence-corrected chi connectivity index (χ4v) is 10.5. The normalized spacial score (nSPS) is 18.8. The van der Waals surface area contributed by atoms with Gasteiger partial charge in [-0.2, -0.15) is 0 Å². The predicted molar refractivity (Wildman–Crippen MR) is 234 cm³/mol. The second-order valence-electron chi connectivity index (χ2n) is 15.7. The van der Waals surface area contributed by atoms with Crippen LogP contribution in [0.3, 0.4) is 0 Å². The zero-order valence-electron chi connectivity index (χ0n) is 31.5. The standard InChI is InChI=1S/C52H47NS/c1-35-30-36(2)32-49(37(3)31-35)46-20-8-7-18-44(46)40-16-13-17-41(33-40)45-19-9-11-22-50(45)53(42-26-24-39(25-27-42)38-14-5-4-6-15-38)43-28-29-48-47-21-10-12-23-51(47)54-52(48)34-43/h4-29,33-37,49H,30-32H2,1-3H3/t35?,36?,37-,49+/m0/s1. The summed E-state index contributed by atoms with van der Waals surface area (Å²) in [7, 11) is 0. The molecular weight excluding hydrogens is 671 g/mol. The highest BCUT2D eigenvalue weighted by Gasteiger charge is 2.29. The third kappa shape index (κ3) is 6.65. The summed E-state index contributed by atoms with van der Waals surface area (Å²) in [5, 5.41) is 2.63. The minimum atomic E-state index is 0.565. The molecule has 0 spiro atoms. The molecule has 54 heavy (non-hydrogen) atoms. The molecule has 1 nitrogen and oxygen atoms in total. The van der Waals surface area contributed by atoms with Gasteiger partial charge in [-0.1, -0.05) is 148 Å². The van der Waals surface area contributed by atoms with Crippen LogP contribution in [0, 0.1) is 17.8 Å². The van der Waals surface area contributed by atoms with Crippen molar-refractivity contribution in [1.29, 1.82) is 0 Å². The highest BCUT2D eigenvalue weighted by Crippen LogP contribution is 2.47. The lowest BCUT2D eigenvalue weighted by Gasteiger charge is -2.28. The summed E-state index contributed by atoms with van der Waals surface area (Å²) in [6.45, 7) is 7.39. The van der Waals surface area contributed by atoms with Crippen LogP contribution in [-0.4, -0.2) is 0 Å². The zero-order valence-corrected chi connectivity index (χ0v) is 32.3. The van der Waals surface area contributed by atoms with Crippen molar-refractivity contribution in [3.05, 3.63) is 175 Å². The molecule has 1 aromatic heterocycles. The van der Waals surface area contributed by atoms with E-state index in [9.17, 15) is 0 Å². The van der Waals surface area contributed by atoms with Gasteiger partial charge in [0.1, 0.15) is 0 Å². The van der Waals surface area contributed by atoms with Gasteiger partial charge in [0.25, 0.3) is 0 Å². The van der Waals surface area contributed by atoms with Crippen molar-refractivity contribution in [2.45, 2.75) is 46.0 Å². The Morgan fingerprint density at radius 1 is 0.444 bits per heavy atom. The molecule has 0 amide bonds. The van der Waals surface area contributed by atoms with E-state index in [1.807, 2.05) is 11.3 Å². The second-order valence-corrected chi connectivity index (χ2v) is 16.8. The van der Waals surface area contributed by atoms with E-state index in [1.165, 1.54) is 78.4 Å². The molecule has 0 saturated heterocycles. The minimum absolute atomic E-state index is 0.565. The SMILES string of the molecule is CC1CC(C)C[C@@H](c2ccccc2-c2cccc(-c3ccccc3N(c3ccc(-c4ccccc4)cc3)c3ccc4c(c3)sc3ccccc34)c2)[C@@H](C)C1. The monoisotopic (exact) mass is 717 g/mol. The largest absolute Gasteiger partial charge is 0.310 e. The van der Waals surface area contributed by atoms with Crippen molar-refractivity contribution < 1.29 is 0 Å². The van der Waals surface area contributed by atoms with E-state index in [0.717, 1.165) is 28.9 Å². The highest BCUT2D eigenvalue weighted by atomic mass is 32.1. The first-order chi connectivity index (χ1) is 26.5. The van der Waals surface area contributed by atoms with Crippen molar-refractivity contribution in [2.24, 2.45) is 17.8 Å². The van der Waals surface area contributed by atoms with Crippen LogP contribution in [0.2, 0.25) is 0 Å². The van der Waals surface area contributed by atoms with Gasteiger partial charge in [0, 0.05) is 37.1 Å². The lowest BCUT2D eigenvalue weighted by molar-refractivity contribution is 0.389. The molecule has 0 bridgehead atoms. The van der Waals surface area contributed by atoms with Crippen LogP contribution in [0.4, 0.5) is 17.1 Å². The molecule has 9 rings (SSSR count). The number of anilines is 3. The summed E-state index contributed by atoms with van der Waals surface area (Å²) in [6.07, 6.45) is 3.88. The minimum Gasteiger partial charge on any atom is -0.310 e. The first-order valence-corrected chi connectivity index (χ1v) is 20.5. The molecule has 1 fully saturated rings. The van der Waals surface area contributed by atoms with E-state index < -0.39 is 0 Å². The summed E-state index contributed by atoms with van der Waals surface area (Å²) >= 11 is 1.87. The van der Waals surface area contributed by atoms with Gasteiger partial charge < -0.3 is 4.90 Å². The van der Waals surface area contributed by atoms with Gasteiger partial charge in [0.05, 0.1) is 5.69 Å². The van der Waals surface area contributed by atoms with Gasteiger partial charge in [-0.05, 0) is 119 Å². The van der Waals surface area contributed by atoms with Crippen molar-refractivity contribution in [3.63, 3.8) is 0 Å². The Labute approximate surface area is 324 Å². The van der Waals surface area contributed by atoms with Crippen molar-refractivity contribution >= 4 is 48.6 Å².